The van der Waals surface area contributed by atoms with Crippen LogP contribution in [0.25, 0.3) is 0 Å². The lowest BCUT2D eigenvalue weighted by molar-refractivity contribution is -0.126. The molecule has 0 aromatic heterocycles. The lowest BCUT2D eigenvalue weighted by Gasteiger charge is -2.47. The molecule has 0 spiro atoms. The van der Waals surface area contributed by atoms with Crippen molar-refractivity contribution in [1.29, 1.82) is 0 Å². The number of nitrogens with two attached hydrogens (primary N) is 1. The van der Waals surface area contributed by atoms with Crippen molar-refractivity contribution < 1.29 is 4.79 Å². The molecule has 21 heavy (non-hydrogen) atoms. The summed E-state index contributed by atoms with van der Waals surface area (Å²) in [4.78, 5) is 12.4. The molecule has 1 aromatic rings. The molecule has 3 nitrogen and oxygen atoms in total. The quantitative estimate of drug-likeness (QED) is 0.853. The molecule has 4 heteroatoms. The Morgan fingerprint density at radius 3 is 2.71 bits per heavy atom. The highest BCUT2D eigenvalue weighted by Crippen LogP contribution is 2.43. The lowest BCUT2D eigenvalue weighted by atomic mass is 9.64. The van der Waals surface area contributed by atoms with Gasteiger partial charge in [0.25, 0.3) is 0 Å². The zero-order valence-corrected chi connectivity index (χ0v) is 14.6. The number of nitrogens with one attached hydrogen (secondary N) is 1. The first-order valence-corrected chi connectivity index (χ1v) is 8.48. The van der Waals surface area contributed by atoms with Crippen molar-refractivity contribution in [3.8, 4) is 0 Å². The molecule has 0 saturated heterocycles. The molecule has 3 N–H and O–H groups in total. The van der Waals surface area contributed by atoms with Crippen LogP contribution in [-0.2, 0) is 4.79 Å². The average molecular weight is 353 g/mol. The van der Waals surface area contributed by atoms with Crippen LogP contribution in [0.3, 0.4) is 0 Å². The van der Waals surface area contributed by atoms with Crippen LogP contribution in [0.1, 0.15) is 40.0 Å². The van der Waals surface area contributed by atoms with Crippen molar-refractivity contribution in [2.24, 2.45) is 23.5 Å². The van der Waals surface area contributed by atoms with Crippen molar-refractivity contribution >= 4 is 27.5 Å². The third kappa shape index (κ3) is 3.42. The number of anilines is 1. The summed E-state index contributed by atoms with van der Waals surface area (Å²) in [5.41, 5.74) is 6.17. The zero-order valence-electron chi connectivity index (χ0n) is 13.0. The molecule has 0 heterocycles. The monoisotopic (exact) mass is 352 g/mol. The number of hydrogen-bond donors (Lipinski definition) is 2. The van der Waals surface area contributed by atoms with E-state index in [9.17, 15) is 4.79 Å². The summed E-state index contributed by atoms with van der Waals surface area (Å²) in [6.45, 7) is 6.57. The first-order chi connectivity index (χ1) is 9.85. The number of carbonyl (C=O) groups is 1. The molecule has 116 valence electrons. The van der Waals surface area contributed by atoms with Crippen molar-refractivity contribution in [3.63, 3.8) is 0 Å². The second kappa shape index (κ2) is 6.39. The van der Waals surface area contributed by atoms with Crippen LogP contribution in [-0.4, -0.2) is 11.4 Å². The summed E-state index contributed by atoms with van der Waals surface area (Å²) in [5, 5.41) is 3.49. The molecule has 1 fully saturated rings. The standard InChI is InChI=1S/C17H25BrN2O/c1-11(2)15-8-7-12(3)10-17(15,16(19)21)20-14-6-4-5-13(18)9-14/h4-6,9,11-12,15,20H,7-8,10H2,1-3H3,(H2,19,21). The van der Waals surface area contributed by atoms with E-state index in [1.807, 2.05) is 24.3 Å². The van der Waals surface area contributed by atoms with Gasteiger partial charge in [0.1, 0.15) is 5.54 Å². The summed E-state index contributed by atoms with van der Waals surface area (Å²) < 4.78 is 0.997. The highest BCUT2D eigenvalue weighted by molar-refractivity contribution is 9.10. The van der Waals surface area contributed by atoms with E-state index >= 15 is 0 Å². The fourth-order valence-corrected chi connectivity index (χ4v) is 4.13. The fourth-order valence-electron chi connectivity index (χ4n) is 3.73. The van der Waals surface area contributed by atoms with E-state index < -0.39 is 5.54 Å². The maximum Gasteiger partial charge on any atom is 0.243 e. The molecule has 0 aliphatic heterocycles. The summed E-state index contributed by atoms with van der Waals surface area (Å²) in [5.74, 6) is 0.967. The molecule has 3 unspecified atom stereocenters. The van der Waals surface area contributed by atoms with E-state index in [1.54, 1.807) is 0 Å². The van der Waals surface area contributed by atoms with Gasteiger partial charge < -0.3 is 11.1 Å². The van der Waals surface area contributed by atoms with Gasteiger partial charge in [0.2, 0.25) is 5.91 Å². The average Bonchev–Trinajstić information content (AvgIpc) is 2.38. The molecule has 1 aromatic carbocycles. The first-order valence-electron chi connectivity index (χ1n) is 7.69. The molecular weight excluding hydrogens is 328 g/mol. The maximum atomic E-state index is 12.4. The van der Waals surface area contributed by atoms with Crippen LogP contribution >= 0.6 is 15.9 Å². The van der Waals surface area contributed by atoms with Gasteiger partial charge in [-0.05, 0) is 48.8 Å². The van der Waals surface area contributed by atoms with Gasteiger partial charge in [-0.1, -0.05) is 49.2 Å². The van der Waals surface area contributed by atoms with Crippen LogP contribution in [0.2, 0.25) is 0 Å². The van der Waals surface area contributed by atoms with Crippen LogP contribution in [0.5, 0.6) is 0 Å². The Kier molecular flexibility index (Phi) is 4.97. The van der Waals surface area contributed by atoms with E-state index in [2.05, 4.69) is 42.0 Å². The summed E-state index contributed by atoms with van der Waals surface area (Å²) >= 11 is 3.48. The Morgan fingerprint density at radius 2 is 2.14 bits per heavy atom. The molecule has 3 atom stereocenters. The minimum atomic E-state index is -0.646. The molecule has 1 saturated carbocycles. The second-order valence-electron chi connectivity index (χ2n) is 6.71. The van der Waals surface area contributed by atoms with Gasteiger partial charge in [0, 0.05) is 10.2 Å². The number of halogens is 1. The predicted octanol–water partition coefficient (Wildman–Crippen LogP) is 4.18. The van der Waals surface area contributed by atoms with E-state index in [4.69, 9.17) is 5.73 Å². The van der Waals surface area contributed by atoms with Crippen LogP contribution in [0.4, 0.5) is 5.69 Å². The van der Waals surface area contributed by atoms with Crippen LogP contribution in [0.15, 0.2) is 28.7 Å². The lowest BCUT2D eigenvalue weighted by Crippen LogP contribution is -2.60. The number of hydrogen-bond acceptors (Lipinski definition) is 2. The van der Waals surface area contributed by atoms with Gasteiger partial charge in [-0.3, -0.25) is 4.79 Å². The van der Waals surface area contributed by atoms with E-state index in [-0.39, 0.29) is 11.8 Å². The van der Waals surface area contributed by atoms with Gasteiger partial charge in [0.05, 0.1) is 0 Å². The van der Waals surface area contributed by atoms with Crippen LogP contribution in [0, 0.1) is 17.8 Å². The Hall–Kier alpha value is -1.03. The van der Waals surface area contributed by atoms with Crippen molar-refractivity contribution in [2.75, 3.05) is 5.32 Å². The third-order valence-corrected chi connectivity index (χ3v) is 5.20. The summed E-state index contributed by atoms with van der Waals surface area (Å²) in [7, 11) is 0. The summed E-state index contributed by atoms with van der Waals surface area (Å²) in [6, 6.07) is 7.94. The predicted molar refractivity (Wildman–Crippen MR) is 91.0 cm³/mol. The van der Waals surface area contributed by atoms with Crippen molar-refractivity contribution in [1.82, 2.24) is 0 Å². The largest absolute Gasteiger partial charge is 0.371 e. The maximum absolute atomic E-state index is 12.4. The topological polar surface area (TPSA) is 55.1 Å². The first kappa shape index (κ1) is 16.3. The van der Waals surface area contributed by atoms with E-state index in [0.29, 0.717) is 11.8 Å². The molecule has 1 aliphatic carbocycles. The number of rotatable bonds is 4. The second-order valence-corrected chi connectivity index (χ2v) is 7.62. The normalized spacial score (nSPS) is 29.4. The highest BCUT2D eigenvalue weighted by Gasteiger charge is 2.48. The summed E-state index contributed by atoms with van der Waals surface area (Å²) in [6.07, 6.45) is 3.01. The molecule has 1 amide bonds. The molecule has 0 radical (unpaired) electrons. The van der Waals surface area contributed by atoms with Gasteiger partial charge in [-0.2, -0.15) is 0 Å². The Bertz CT molecular complexity index is 517. The van der Waals surface area contributed by atoms with Crippen LogP contribution < -0.4 is 11.1 Å². The van der Waals surface area contributed by atoms with Gasteiger partial charge in [-0.15, -0.1) is 0 Å². The molecule has 2 rings (SSSR count). The van der Waals surface area contributed by atoms with E-state index in [1.165, 1.54) is 0 Å². The number of benzene rings is 1. The Balaban J connectivity index is 2.39. The van der Waals surface area contributed by atoms with Crippen molar-refractivity contribution in [2.45, 2.75) is 45.6 Å². The number of primary amides is 1. The van der Waals surface area contributed by atoms with Crippen molar-refractivity contribution in [3.05, 3.63) is 28.7 Å². The number of amides is 1. The molecule has 1 aliphatic rings. The SMILES string of the molecule is CC1CCC(C(C)C)C(Nc2cccc(Br)c2)(C(N)=O)C1. The Labute approximate surface area is 135 Å². The smallest absolute Gasteiger partial charge is 0.243 e. The highest BCUT2D eigenvalue weighted by atomic mass is 79.9. The van der Waals surface area contributed by atoms with E-state index in [0.717, 1.165) is 29.4 Å². The zero-order chi connectivity index (χ0) is 15.6. The van der Waals surface area contributed by atoms with Gasteiger partial charge in [-0.25, -0.2) is 0 Å². The molecule has 0 bridgehead atoms. The van der Waals surface area contributed by atoms with Gasteiger partial charge in [0.15, 0.2) is 0 Å². The van der Waals surface area contributed by atoms with Gasteiger partial charge >= 0.3 is 0 Å². The Morgan fingerprint density at radius 1 is 1.43 bits per heavy atom. The third-order valence-electron chi connectivity index (χ3n) is 4.71. The minimum Gasteiger partial charge on any atom is -0.371 e. The number of carbonyl (C=O) groups excluding carboxylic acids is 1. The minimum absolute atomic E-state index is 0.229. The molecular formula is C17H25BrN2O. The fraction of sp³-hybridized carbons (Fsp3) is 0.588.